The maximum Gasteiger partial charge on any atom is 0.251 e. The van der Waals surface area contributed by atoms with Gasteiger partial charge in [-0.25, -0.2) is 0 Å². The smallest absolute Gasteiger partial charge is 0.251 e. The second-order valence-corrected chi connectivity index (χ2v) is 7.19. The van der Waals surface area contributed by atoms with Gasteiger partial charge in [0.15, 0.2) is 0 Å². The van der Waals surface area contributed by atoms with E-state index in [1.54, 1.807) is 19.2 Å². The lowest BCUT2D eigenvalue weighted by molar-refractivity contribution is 0.0937. The lowest BCUT2D eigenvalue weighted by Crippen LogP contribution is -2.26. The summed E-state index contributed by atoms with van der Waals surface area (Å²) in [6.45, 7) is 2.79. The SMILES string of the molecule is COc1ccc(C(=O)N[C@H](C)c2ccc(Cl)cc2)cc1COCc1ccccc1. The van der Waals surface area contributed by atoms with E-state index in [9.17, 15) is 4.79 Å². The van der Waals surface area contributed by atoms with E-state index in [4.69, 9.17) is 21.1 Å². The molecule has 3 rings (SSSR count). The van der Waals surface area contributed by atoms with Gasteiger partial charge in [0.05, 0.1) is 26.4 Å². The molecule has 0 radical (unpaired) electrons. The van der Waals surface area contributed by atoms with Gasteiger partial charge in [-0.3, -0.25) is 4.79 Å². The number of rotatable bonds is 8. The molecule has 5 heteroatoms. The third-order valence-corrected chi connectivity index (χ3v) is 4.88. The first-order valence-corrected chi connectivity index (χ1v) is 9.79. The van der Waals surface area contributed by atoms with Gasteiger partial charge in [0.1, 0.15) is 5.75 Å². The Morgan fingerprint density at radius 3 is 2.41 bits per heavy atom. The van der Waals surface area contributed by atoms with Crippen LogP contribution in [0.25, 0.3) is 0 Å². The summed E-state index contributed by atoms with van der Waals surface area (Å²) in [6, 6.07) is 22.6. The third-order valence-electron chi connectivity index (χ3n) is 4.63. The van der Waals surface area contributed by atoms with E-state index in [1.807, 2.05) is 67.6 Å². The Morgan fingerprint density at radius 2 is 1.72 bits per heavy atom. The van der Waals surface area contributed by atoms with E-state index < -0.39 is 0 Å². The summed E-state index contributed by atoms with van der Waals surface area (Å²) in [5.74, 6) is 0.541. The highest BCUT2D eigenvalue weighted by molar-refractivity contribution is 6.30. The maximum atomic E-state index is 12.7. The molecule has 0 spiro atoms. The normalized spacial score (nSPS) is 11.7. The molecule has 150 valence electrons. The largest absolute Gasteiger partial charge is 0.496 e. The fourth-order valence-electron chi connectivity index (χ4n) is 3.00. The molecule has 0 saturated carbocycles. The average Bonchev–Trinajstić information content (AvgIpc) is 2.74. The molecule has 0 aliphatic carbocycles. The van der Waals surface area contributed by atoms with E-state index >= 15 is 0 Å². The standard InChI is InChI=1S/C24H24ClNO3/c1-17(19-8-11-22(25)12-9-19)26-24(27)20-10-13-23(28-2)21(14-20)16-29-15-18-6-4-3-5-7-18/h3-14,17H,15-16H2,1-2H3,(H,26,27)/t17-/m1/s1. The monoisotopic (exact) mass is 409 g/mol. The van der Waals surface area contributed by atoms with E-state index in [1.165, 1.54) is 0 Å². The molecule has 29 heavy (non-hydrogen) atoms. The maximum absolute atomic E-state index is 12.7. The van der Waals surface area contributed by atoms with Gasteiger partial charge in [-0.15, -0.1) is 0 Å². The highest BCUT2D eigenvalue weighted by atomic mass is 35.5. The average molecular weight is 410 g/mol. The van der Waals surface area contributed by atoms with Gasteiger partial charge in [-0.1, -0.05) is 54.1 Å². The number of ether oxygens (including phenoxy) is 2. The van der Waals surface area contributed by atoms with Crippen molar-refractivity contribution in [3.63, 3.8) is 0 Å². The van der Waals surface area contributed by atoms with Crippen molar-refractivity contribution in [2.45, 2.75) is 26.2 Å². The first kappa shape index (κ1) is 20.9. The number of amides is 1. The minimum Gasteiger partial charge on any atom is -0.496 e. The number of benzene rings is 3. The number of hydrogen-bond acceptors (Lipinski definition) is 3. The second kappa shape index (κ2) is 10.1. The van der Waals surface area contributed by atoms with E-state index in [2.05, 4.69) is 5.32 Å². The minimum absolute atomic E-state index is 0.139. The zero-order valence-electron chi connectivity index (χ0n) is 16.5. The predicted octanol–water partition coefficient (Wildman–Crippen LogP) is 5.56. The number of hydrogen-bond donors (Lipinski definition) is 1. The van der Waals surface area contributed by atoms with Crippen LogP contribution < -0.4 is 10.1 Å². The quantitative estimate of drug-likeness (QED) is 0.530. The van der Waals surface area contributed by atoms with Crippen LogP contribution in [0.15, 0.2) is 72.8 Å². The Kier molecular flexibility index (Phi) is 7.28. The molecule has 1 N–H and O–H groups in total. The Morgan fingerprint density at radius 1 is 1.00 bits per heavy atom. The topological polar surface area (TPSA) is 47.6 Å². The van der Waals surface area contributed by atoms with Gasteiger partial charge in [0.2, 0.25) is 0 Å². The highest BCUT2D eigenvalue weighted by Crippen LogP contribution is 2.22. The van der Waals surface area contributed by atoms with Gasteiger partial charge < -0.3 is 14.8 Å². The van der Waals surface area contributed by atoms with Crippen LogP contribution in [0.3, 0.4) is 0 Å². The fraction of sp³-hybridized carbons (Fsp3) is 0.208. The lowest BCUT2D eigenvalue weighted by atomic mass is 10.1. The zero-order valence-corrected chi connectivity index (χ0v) is 17.3. The first-order chi connectivity index (χ1) is 14.1. The van der Waals surface area contributed by atoms with Crippen molar-refractivity contribution in [3.8, 4) is 5.75 Å². The molecule has 0 fully saturated rings. The molecule has 1 amide bonds. The molecule has 0 heterocycles. The summed E-state index contributed by atoms with van der Waals surface area (Å²) in [5, 5.41) is 3.68. The number of halogens is 1. The molecule has 0 saturated heterocycles. The van der Waals surface area contributed by atoms with Crippen LogP contribution in [-0.2, 0) is 18.0 Å². The Labute approximate surface area is 176 Å². The summed E-state index contributed by atoms with van der Waals surface area (Å²) in [7, 11) is 1.61. The van der Waals surface area contributed by atoms with Crippen molar-refractivity contribution in [2.75, 3.05) is 7.11 Å². The van der Waals surface area contributed by atoms with Crippen LogP contribution in [-0.4, -0.2) is 13.0 Å². The van der Waals surface area contributed by atoms with Crippen LogP contribution >= 0.6 is 11.6 Å². The molecular weight excluding hydrogens is 386 g/mol. The molecule has 0 aliphatic rings. The molecule has 4 nitrogen and oxygen atoms in total. The Hall–Kier alpha value is -2.82. The molecule has 0 unspecified atom stereocenters. The zero-order chi connectivity index (χ0) is 20.6. The minimum atomic E-state index is -0.153. The number of methoxy groups -OCH3 is 1. The summed E-state index contributed by atoms with van der Waals surface area (Å²) >= 11 is 5.93. The summed E-state index contributed by atoms with van der Waals surface area (Å²) in [4.78, 5) is 12.7. The summed E-state index contributed by atoms with van der Waals surface area (Å²) < 4.78 is 11.2. The first-order valence-electron chi connectivity index (χ1n) is 9.41. The molecule has 1 atom stereocenters. The van der Waals surface area contributed by atoms with Crippen molar-refractivity contribution in [1.82, 2.24) is 5.32 Å². The molecule has 0 aromatic heterocycles. The van der Waals surface area contributed by atoms with Crippen molar-refractivity contribution >= 4 is 17.5 Å². The van der Waals surface area contributed by atoms with E-state index in [0.29, 0.717) is 29.5 Å². The number of carbonyl (C=O) groups excluding carboxylic acids is 1. The van der Waals surface area contributed by atoms with Crippen LogP contribution in [0.2, 0.25) is 5.02 Å². The second-order valence-electron chi connectivity index (χ2n) is 6.75. The van der Waals surface area contributed by atoms with Crippen molar-refractivity contribution in [1.29, 1.82) is 0 Å². The molecule has 0 bridgehead atoms. The van der Waals surface area contributed by atoms with Gasteiger partial charge in [0.25, 0.3) is 5.91 Å². The van der Waals surface area contributed by atoms with Crippen molar-refractivity contribution in [2.24, 2.45) is 0 Å². The highest BCUT2D eigenvalue weighted by Gasteiger charge is 2.14. The van der Waals surface area contributed by atoms with Gasteiger partial charge in [-0.05, 0) is 48.4 Å². The number of nitrogens with one attached hydrogen (secondary N) is 1. The van der Waals surface area contributed by atoms with Crippen molar-refractivity contribution in [3.05, 3.63) is 100 Å². The van der Waals surface area contributed by atoms with E-state index in [0.717, 1.165) is 16.7 Å². The van der Waals surface area contributed by atoms with Crippen LogP contribution in [0.5, 0.6) is 5.75 Å². The van der Waals surface area contributed by atoms with Crippen LogP contribution in [0, 0.1) is 0 Å². The Bertz CT molecular complexity index is 942. The van der Waals surface area contributed by atoms with Crippen molar-refractivity contribution < 1.29 is 14.3 Å². The molecule has 3 aromatic carbocycles. The molecular formula is C24H24ClNO3. The fourth-order valence-corrected chi connectivity index (χ4v) is 3.13. The predicted molar refractivity (Wildman–Crippen MR) is 115 cm³/mol. The van der Waals surface area contributed by atoms with Crippen LogP contribution in [0.4, 0.5) is 0 Å². The Balaban J connectivity index is 1.66. The molecule has 0 aliphatic heterocycles. The third kappa shape index (κ3) is 5.83. The number of carbonyl (C=O) groups is 1. The summed E-state index contributed by atoms with van der Waals surface area (Å²) in [6.07, 6.45) is 0. The summed E-state index contributed by atoms with van der Waals surface area (Å²) in [5.41, 5.74) is 3.47. The van der Waals surface area contributed by atoms with Gasteiger partial charge in [0, 0.05) is 16.1 Å². The lowest BCUT2D eigenvalue weighted by Gasteiger charge is -2.16. The van der Waals surface area contributed by atoms with Gasteiger partial charge >= 0.3 is 0 Å². The van der Waals surface area contributed by atoms with Gasteiger partial charge in [-0.2, -0.15) is 0 Å². The molecule has 3 aromatic rings. The van der Waals surface area contributed by atoms with E-state index in [-0.39, 0.29) is 11.9 Å². The van der Waals surface area contributed by atoms with Crippen LogP contribution in [0.1, 0.15) is 40.0 Å².